The van der Waals surface area contributed by atoms with Gasteiger partial charge >= 0.3 is 5.97 Å². The maximum absolute atomic E-state index is 14.5. The number of methoxy groups -OCH3 is 1. The Morgan fingerprint density at radius 3 is 2.67 bits per heavy atom. The molecule has 0 aliphatic carbocycles. The number of aliphatic carboxylic acids is 1. The van der Waals surface area contributed by atoms with Crippen LogP contribution in [0.2, 0.25) is 5.02 Å². The van der Waals surface area contributed by atoms with Crippen molar-refractivity contribution in [1.29, 1.82) is 0 Å². The molecule has 0 saturated heterocycles. The van der Waals surface area contributed by atoms with Crippen molar-refractivity contribution < 1.29 is 24.2 Å². The van der Waals surface area contributed by atoms with E-state index in [-0.39, 0.29) is 18.9 Å². The Bertz CT molecular complexity index is 1640. The van der Waals surface area contributed by atoms with Gasteiger partial charge in [0.15, 0.2) is 0 Å². The molecule has 2 heterocycles. The molecule has 0 spiro atoms. The molecule has 1 unspecified atom stereocenters. The maximum atomic E-state index is 14.5. The largest absolute Gasteiger partial charge is 0.497 e. The summed E-state index contributed by atoms with van der Waals surface area (Å²) in [5.41, 5.74) is 3.93. The first-order valence-corrected chi connectivity index (χ1v) is 14.3. The second-order valence-corrected chi connectivity index (χ2v) is 11.6. The van der Waals surface area contributed by atoms with Crippen LogP contribution in [0.3, 0.4) is 0 Å². The Morgan fingerprint density at radius 1 is 1.14 bits per heavy atom. The van der Waals surface area contributed by atoms with E-state index >= 15 is 0 Å². The average Bonchev–Trinajstić information content (AvgIpc) is 3.66. The highest BCUT2D eigenvalue weighted by Gasteiger charge is 2.34. The number of carbonyl (C=O) groups is 2. The number of nitrogens with zero attached hydrogens (tertiary/aromatic N) is 4. The van der Waals surface area contributed by atoms with Gasteiger partial charge in [-0.1, -0.05) is 29.8 Å². The lowest BCUT2D eigenvalue weighted by Gasteiger charge is -2.28. The van der Waals surface area contributed by atoms with Crippen molar-refractivity contribution in [3.8, 4) is 17.2 Å². The molecule has 224 valence electrons. The molecule has 43 heavy (non-hydrogen) atoms. The molecule has 0 saturated carbocycles. The number of aromatic nitrogens is 3. The lowest BCUT2D eigenvalue weighted by Crippen LogP contribution is -2.37. The zero-order valence-electron chi connectivity index (χ0n) is 24.5. The van der Waals surface area contributed by atoms with Crippen LogP contribution in [0.15, 0.2) is 67.3 Å². The minimum Gasteiger partial charge on any atom is -0.497 e. The first-order valence-electron chi connectivity index (χ1n) is 13.9. The fourth-order valence-electron chi connectivity index (χ4n) is 4.97. The zero-order chi connectivity index (χ0) is 30.7. The number of carbonyl (C=O) groups excluding carboxylic acids is 1. The van der Waals surface area contributed by atoms with Gasteiger partial charge in [-0.3, -0.25) is 9.59 Å². The van der Waals surface area contributed by atoms with Crippen molar-refractivity contribution in [1.82, 2.24) is 14.8 Å². The topological polar surface area (TPSA) is 119 Å². The first kappa shape index (κ1) is 29.9. The molecule has 4 aromatic rings. The lowest BCUT2D eigenvalue weighted by molar-refractivity contribution is -0.147. The molecule has 1 aliphatic heterocycles. The van der Waals surface area contributed by atoms with Gasteiger partial charge in [0.25, 0.3) is 5.91 Å². The smallest absolute Gasteiger partial charge is 0.309 e. The number of halogens is 1. The number of anilines is 2. The van der Waals surface area contributed by atoms with Crippen LogP contribution in [-0.4, -0.2) is 52.0 Å². The second-order valence-electron chi connectivity index (χ2n) is 11.2. The summed E-state index contributed by atoms with van der Waals surface area (Å²) in [5, 5.41) is 17.7. The van der Waals surface area contributed by atoms with Crippen LogP contribution in [0.1, 0.15) is 43.0 Å². The van der Waals surface area contributed by atoms with Crippen LogP contribution in [0.4, 0.5) is 11.4 Å². The molecule has 0 bridgehead atoms. The highest BCUT2D eigenvalue weighted by molar-refractivity contribution is 6.30. The van der Waals surface area contributed by atoms with Gasteiger partial charge in [0.1, 0.15) is 30.2 Å². The van der Waals surface area contributed by atoms with Crippen molar-refractivity contribution in [3.63, 3.8) is 0 Å². The Balaban J connectivity index is 1.55. The molecule has 5 rings (SSSR count). The van der Waals surface area contributed by atoms with E-state index in [0.717, 1.165) is 23.2 Å². The molecular formula is C32H34ClN5O5. The molecule has 3 aromatic carbocycles. The molecule has 1 aromatic heterocycles. The van der Waals surface area contributed by atoms with Gasteiger partial charge in [-0.25, -0.2) is 9.67 Å². The van der Waals surface area contributed by atoms with Gasteiger partial charge in [-0.2, -0.15) is 5.10 Å². The Morgan fingerprint density at radius 2 is 1.95 bits per heavy atom. The molecule has 1 amide bonds. The lowest BCUT2D eigenvalue weighted by atomic mass is 9.90. The number of fused-ring (bicyclic) bond motifs is 1. The summed E-state index contributed by atoms with van der Waals surface area (Å²) in [4.78, 5) is 32.0. The summed E-state index contributed by atoms with van der Waals surface area (Å²) in [7, 11) is 1.57. The summed E-state index contributed by atoms with van der Waals surface area (Å²) >= 11 is 6.39. The number of hydrogen-bond donors (Lipinski definition) is 2. The van der Waals surface area contributed by atoms with Crippen LogP contribution in [0, 0.1) is 12.3 Å². The van der Waals surface area contributed by atoms with E-state index in [1.54, 1.807) is 61.1 Å². The van der Waals surface area contributed by atoms with E-state index in [2.05, 4.69) is 21.5 Å². The van der Waals surface area contributed by atoms with Crippen molar-refractivity contribution >= 4 is 34.9 Å². The second kappa shape index (κ2) is 12.3. The van der Waals surface area contributed by atoms with Gasteiger partial charge in [-0.15, -0.1) is 0 Å². The Hall–Kier alpha value is -4.57. The van der Waals surface area contributed by atoms with E-state index in [9.17, 15) is 14.7 Å². The first-order chi connectivity index (χ1) is 20.6. The molecule has 1 aliphatic rings. The quantitative estimate of drug-likeness (QED) is 0.219. The highest BCUT2D eigenvalue weighted by atomic mass is 35.5. The van der Waals surface area contributed by atoms with Gasteiger partial charge in [0.05, 0.1) is 24.8 Å². The number of amides is 1. The molecule has 0 radical (unpaired) electrons. The Kier molecular flexibility index (Phi) is 8.59. The number of hydrogen-bond acceptors (Lipinski definition) is 7. The van der Waals surface area contributed by atoms with Crippen LogP contribution in [-0.2, 0) is 16.0 Å². The highest BCUT2D eigenvalue weighted by Crippen LogP contribution is 2.37. The number of ether oxygens (including phenoxy) is 2. The number of benzene rings is 3. The number of rotatable bonds is 11. The van der Waals surface area contributed by atoms with Gasteiger partial charge in [-0.05, 0) is 69.0 Å². The summed E-state index contributed by atoms with van der Waals surface area (Å²) in [6.45, 7) is 5.95. The van der Waals surface area contributed by atoms with E-state index in [0.29, 0.717) is 40.0 Å². The maximum Gasteiger partial charge on any atom is 0.309 e. The average molecular weight is 604 g/mol. The van der Waals surface area contributed by atoms with Crippen molar-refractivity contribution in [3.05, 3.63) is 89.0 Å². The van der Waals surface area contributed by atoms with Crippen LogP contribution < -0.4 is 19.7 Å². The predicted molar refractivity (Wildman–Crippen MR) is 164 cm³/mol. The standard InChI is InChI=1S/C32H34ClN5O5/c1-20-5-6-21-9-11-37(27(21)13-20)30(39)29(36-23-15-24(17-25(16-23)42-4)38-19-34-18-35-38)26-8-7-22(33)14-28(26)43-12-10-32(2,3)31(40)41/h5-8,13-19,29,36H,9-12H2,1-4H3,(H,40,41). The minimum absolute atomic E-state index is 0.120. The van der Waals surface area contributed by atoms with E-state index < -0.39 is 17.4 Å². The Labute approximate surface area is 255 Å². The van der Waals surface area contributed by atoms with Crippen molar-refractivity contribution in [2.24, 2.45) is 5.41 Å². The van der Waals surface area contributed by atoms with E-state index in [1.165, 1.54) is 6.33 Å². The van der Waals surface area contributed by atoms with E-state index in [1.807, 2.05) is 31.2 Å². The third-order valence-electron chi connectivity index (χ3n) is 7.62. The summed E-state index contributed by atoms with van der Waals surface area (Å²) in [6, 6.07) is 15.9. The number of carboxylic acid groups (broad SMARTS) is 1. The van der Waals surface area contributed by atoms with Gasteiger partial charge in [0, 0.05) is 40.6 Å². The summed E-state index contributed by atoms with van der Waals surface area (Å²) in [6.07, 6.45) is 4.03. The monoisotopic (exact) mass is 603 g/mol. The number of nitrogens with one attached hydrogen (secondary N) is 1. The minimum atomic E-state index is -0.984. The van der Waals surface area contributed by atoms with Crippen molar-refractivity contribution in [2.75, 3.05) is 30.5 Å². The normalized spacial score (nSPS) is 13.4. The summed E-state index contributed by atoms with van der Waals surface area (Å²) < 4.78 is 13.3. The molecule has 0 fully saturated rings. The molecule has 1 atom stereocenters. The van der Waals surface area contributed by atoms with Gasteiger partial charge in [0.2, 0.25) is 0 Å². The predicted octanol–water partition coefficient (Wildman–Crippen LogP) is 5.86. The van der Waals surface area contributed by atoms with Gasteiger partial charge < -0.3 is 24.8 Å². The van der Waals surface area contributed by atoms with Crippen molar-refractivity contribution in [2.45, 2.75) is 39.7 Å². The molecular weight excluding hydrogens is 570 g/mol. The van der Waals surface area contributed by atoms with E-state index in [4.69, 9.17) is 21.1 Å². The number of carboxylic acids is 1. The summed E-state index contributed by atoms with van der Waals surface area (Å²) in [5.74, 6) is -0.135. The fraction of sp³-hybridized carbons (Fsp3) is 0.312. The molecule has 10 nitrogen and oxygen atoms in total. The molecule has 2 N–H and O–H groups in total. The third kappa shape index (κ3) is 6.59. The van der Waals surface area contributed by atoms with Crippen LogP contribution in [0.5, 0.6) is 11.5 Å². The van der Waals surface area contributed by atoms with Crippen LogP contribution >= 0.6 is 11.6 Å². The third-order valence-corrected chi connectivity index (χ3v) is 7.86. The van der Waals surface area contributed by atoms with Crippen LogP contribution in [0.25, 0.3) is 5.69 Å². The number of aryl methyl sites for hydroxylation is 1. The molecule has 11 heteroatoms. The SMILES string of the molecule is COc1cc(NC(C(=O)N2CCc3ccc(C)cc32)c2ccc(Cl)cc2OCCC(C)(C)C(=O)O)cc(-n2cncn2)c1. The zero-order valence-corrected chi connectivity index (χ0v) is 25.3. The fourth-order valence-corrected chi connectivity index (χ4v) is 5.13.